The second kappa shape index (κ2) is 2.20. The van der Waals surface area contributed by atoms with Gasteiger partial charge in [0, 0.05) is 18.2 Å². The van der Waals surface area contributed by atoms with Crippen molar-refractivity contribution in [3.63, 3.8) is 0 Å². The van der Waals surface area contributed by atoms with Crippen molar-refractivity contribution in [2.75, 3.05) is 0 Å². The molecule has 0 bridgehead atoms. The predicted molar refractivity (Wildman–Crippen MR) is 31.6 cm³/mol. The van der Waals surface area contributed by atoms with E-state index in [1.165, 1.54) is 0 Å². The van der Waals surface area contributed by atoms with E-state index in [4.69, 9.17) is 21.8 Å². The summed E-state index contributed by atoms with van der Waals surface area (Å²) >= 11 is 5.42. The van der Waals surface area contributed by atoms with Gasteiger partial charge in [-0.05, 0) is 11.6 Å². The first kappa shape index (κ1) is 5.66. The summed E-state index contributed by atoms with van der Waals surface area (Å²) < 4.78 is 4.74. The van der Waals surface area contributed by atoms with Crippen LogP contribution in [-0.4, -0.2) is 0 Å². The summed E-state index contributed by atoms with van der Waals surface area (Å²) in [6, 6.07) is 1.70. The summed E-state index contributed by atoms with van der Waals surface area (Å²) in [5, 5.41) is 0.394. The Morgan fingerprint density at radius 1 is 1.75 bits per heavy atom. The first-order valence-corrected chi connectivity index (χ1v) is 2.63. The van der Waals surface area contributed by atoms with E-state index in [1.54, 1.807) is 12.3 Å². The Bertz CT molecular complexity index is 173. The van der Waals surface area contributed by atoms with Crippen LogP contribution in [0.15, 0.2) is 16.7 Å². The minimum atomic E-state index is 0.394. The van der Waals surface area contributed by atoms with E-state index in [-0.39, 0.29) is 0 Å². The highest BCUT2D eigenvalue weighted by Gasteiger charge is 1.93. The highest BCUT2D eigenvalue weighted by Crippen LogP contribution is 2.11. The Kier molecular flexibility index (Phi) is 1.56. The molecule has 44 valence electrons. The molecule has 0 aromatic carbocycles. The Balaban J connectivity index is 2.84. The average molecular weight is 132 g/mol. The van der Waals surface area contributed by atoms with Crippen molar-refractivity contribution >= 4 is 11.6 Å². The van der Waals surface area contributed by atoms with Crippen molar-refractivity contribution in [1.29, 1.82) is 0 Å². The van der Waals surface area contributed by atoms with Gasteiger partial charge >= 0.3 is 0 Å². The zero-order valence-corrected chi connectivity index (χ0v) is 4.98. The molecule has 0 aliphatic carbocycles. The Labute approximate surface area is 52.2 Å². The van der Waals surface area contributed by atoms with E-state index < -0.39 is 0 Å². The van der Waals surface area contributed by atoms with E-state index in [0.29, 0.717) is 11.8 Å². The molecule has 0 amide bonds. The summed E-state index contributed by atoms with van der Waals surface area (Å²) in [7, 11) is 0. The molecule has 3 heteroatoms. The van der Waals surface area contributed by atoms with Crippen molar-refractivity contribution in [2.24, 2.45) is 5.73 Å². The largest absolute Gasteiger partial charge is 0.453 e. The quantitative estimate of drug-likeness (QED) is 0.626. The molecule has 0 aliphatic heterocycles. The molecule has 0 unspecified atom stereocenters. The van der Waals surface area contributed by atoms with Gasteiger partial charge in [-0.15, -0.1) is 0 Å². The maximum Gasteiger partial charge on any atom is 0.193 e. The van der Waals surface area contributed by atoms with Gasteiger partial charge in [0.1, 0.15) is 0 Å². The third kappa shape index (κ3) is 1.02. The first-order chi connectivity index (χ1) is 3.83. The van der Waals surface area contributed by atoms with Crippen LogP contribution in [-0.2, 0) is 6.54 Å². The molecular weight excluding hydrogens is 126 g/mol. The van der Waals surface area contributed by atoms with Crippen molar-refractivity contribution < 1.29 is 4.42 Å². The minimum Gasteiger partial charge on any atom is -0.453 e. The highest BCUT2D eigenvalue weighted by atomic mass is 35.5. The van der Waals surface area contributed by atoms with Gasteiger partial charge in [0.2, 0.25) is 0 Å². The van der Waals surface area contributed by atoms with Crippen LogP contribution in [0.3, 0.4) is 0 Å². The monoisotopic (exact) mass is 131 g/mol. The van der Waals surface area contributed by atoms with E-state index >= 15 is 0 Å². The van der Waals surface area contributed by atoms with Gasteiger partial charge < -0.3 is 10.2 Å². The predicted octanol–water partition coefficient (Wildman–Crippen LogP) is 1.39. The molecule has 1 rings (SSSR count). The van der Waals surface area contributed by atoms with Gasteiger partial charge in [0.05, 0.1) is 6.26 Å². The first-order valence-electron chi connectivity index (χ1n) is 2.26. The van der Waals surface area contributed by atoms with E-state index in [9.17, 15) is 0 Å². The van der Waals surface area contributed by atoms with Gasteiger partial charge in [-0.25, -0.2) is 0 Å². The number of hydrogen-bond donors (Lipinski definition) is 1. The zero-order valence-electron chi connectivity index (χ0n) is 4.23. The van der Waals surface area contributed by atoms with Crippen LogP contribution < -0.4 is 5.73 Å². The SMILES string of the molecule is NCc1coc(Cl)c1. The molecule has 1 aromatic heterocycles. The maximum atomic E-state index is 5.42. The van der Waals surface area contributed by atoms with E-state index in [2.05, 4.69) is 0 Å². The maximum absolute atomic E-state index is 5.42. The smallest absolute Gasteiger partial charge is 0.193 e. The normalized spacial score (nSPS) is 9.75. The molecule has 0 radical (unpaired) electrons. The molecule has 2 N–H and O–H groups in total. The fraction of sp³-hybridized carbons (Fsp3) is 0.200. The lowest BCUT2D eigenvalue weighted by Gasteiger charge is -1.78. The summed E-state index contributed by atoms with van der Waals surface area (Å²) in [6.45, 7) is 0.482. The zero-order chi connectivity index (χ0) is 5.98. The molecule has 8 heavy (non-hydrogen) atoms. The molecule has 0 spiro atoms. The minimum absolute atomic E-state index is 0.394. The second-order valence-electron chi connectivity index (χ2n) is 1.46. The molecular formula is C5H6ClNO. The standard InChI is InChI=1S/C5H6ClNO/c6-5-1-4(2-7)3-8-5/h1,3H,2,7H2. The number of rotatable bonds is 1. The number of hydrogen-bond acceptors (Lipinski definition) is 2. The molecule has 0 atom stereocenters. The van der Waals surface area contributed by atoms with Gasteiger partial charge in [0.15, 0.2) is 5.22 Å². The Hall–Kier alpha value is -0.470. The van der Waals surface area contributed by atoms with E-state index in [0.717, 1.165) is 5.56 Å². The van der Waals surface area contributed by atoms with Crippen LogP contribution in [0.25, 0.3) is 0 Å². The topological polar surface area (TPSA) is 39.2 Å². The number of furan rings is 1. The number of nitrogens with two attached hydrogens (primary N) is 1. The van der Waals surface area contributed by atoms with Gasteiger partial charge in [-0.2, -0.15) is 0 Å². The molecule has 0 aliphatic rings. The third-order valence-corrected chi connectivity index (χ3v) is 1.06. The molecule has 1 heterocycles. The summed E-state index contributed by atoms with van der Waals surface area (Å²) in [4.78, 5) is 0. The fourth-order valence-electron chi connectivity index (χ4n) is 0.453. The van der Waals surface area contributed by atoms with Crippen LogP contribution in [0.4, 0.5) is 0 Å². The van der Waals surface area contributed by atoms with Crippen LogP contribution >= 0.6 is 11.6 Å². The molecule has 0 saturated heterocycles. The lowest BCUT2D eigenvalue weighted by Crippen LogP contribution is -1.92. The molecule has 0 fully saturated rings. The van der Waals surface area contributed by atoms with Crippen LogP contribution in [0.1, 0.15) is 5.56 Å². The fourth-order valence-corrected chi connectivity index (χ4v) is 0.638. The van der Waals surface area contributed by atoms with Crippen molar-refractivity contribution in [2.45, 2.75) is 6.54 Å². The van der Waals surface area contributed by atoms with Gasteiger partial charge in [0.25, 0.3) is 0 Å². The van der Waals surface area contributed by atoms with Gasteiger partial charge in [-0.3, -0.25) is 0 Å². The number of halogens is 1. The van der Waals surface area contributed by atoms with Crippen LogP contribution in [0.2, 0.25) is 5.22 Å². The highest BCUT2D eigenvalue weighted by molar-refractivity contribution is 6.28. The van der Waals surface area contributed by atoms with Crippen molar-refractivity contribution in [1.82, 2.24) is 0 Å². The lowest BCUT2D eigenvalue weighted by atomic mass is 10.4. The summed E-state index contributed by atoms with van der Waals surface area (Å²) in [5.41, 5.74) is 6.17. The van der Waals surface area contributed by atoms with Crippen LogP contribution in [0, 0.1) is 0 Å². The van der Waals surface area contributed by atoms with Gasteiger partial charge in [-0.1, -0.05) is 0 Å². The van der Waals surface area contributed by atoms with Crippen LogP contribution in [0.5, 0.6) is 0 Å². The summed E-state index contributed by atoms with van der Waals surface area (Å²) in [6.07, 6.45) is 1.54. The van der Waals surface area contributed by atoms with Crippen molar-refractivity contribution in [3.05, 3.63) is 23.1 Å². The third-order valence-electron chi connectivity index (χ3n) is 0.857. The Morgan fingerprint density at radius 3 is 2.75 bits per heavy atom. The molecule has 1 aromatic rings. The second-order valence-corrected chi connectivity index (χ2v) is 1.84. The molecule has 2 nitrogen and oxygen atoms in total. The van der Waals surface area contributed by atoms with E-state index in [1.807, 2.05) is 0 Å². The van der Waals surface area contributed by atoms with Crippen molar-refractivity contribution in [3.8, 4) is 0 Å². The average Bonchev–Trinajstić information content (AvgIpc) is 2.14. The Morgan fingerprint density at radius 2 is 2.50 bits per heavy atom. The lowest BCUT2D eigenvalue weighted by molar-refractivity contribution is 0.566. The summed E-state index contributed by atoms with van der Waals surface area (Å²) in [5.74, 6) is 0. The molecule has 0 saturated carbocycles.